The second-order valence-electron chi connectivity index (χ2n) is 4.81. The van der Waals surface area contributed by atoms with Crippen LogP contribution in [0.4, 0.5) is 0 Å². The Bertz CT molecular complexity index is 415. The predicted octanol–water partition coefficient (Wildman–Crippen LogP) is 4.39. The van der Waals surface area contributed by atoms with Crippen molar-refractivity contribution in [1.82, 2.24) is 10.3 Å². The van der Waals surface area contributed by atoms with Crippen LogP contribution >= 0.6 is 15.9 Å². The van der Waals surface area contributed by atoms with Crippen molar-refractivity contribution in [1.29, 1.82) is 0 Å². The molecule has 2 nitrogen and oxygen atoms in total. The first-order valence-electron chi connectivity index (χ1n) is 6.84. The van der Waals surface area contributed by atoms with E-state index in [1.165, 1.54) is 43.2 Å². The Labute approximate surface area is 118 Å². The first kappa shape index (κ1) is 13.8. The third-order valence-electron chi connectivity index (χ3n) is 3.41. The maximum atomic E-state index is 4.29. The Hall–Kier alpha value is -0.670. The number of nitrogens with zero attached hydrogens (tertiary/aromatic N) is 1. The standard InChI is InChI=1S/C15H21BrN2/c1-2-18-15(12-7-5-3-4-6-8-12)13-9-14(16)11-17-10-13/h7,9-11,15,18H,2-6,8H2,1H3. The first-order chi connectivity index (χ1) is 8.81. The molecule has 1 aliphatic carbocycles. The Morgan fingerprint density at radius 2 is 2.22 bits per heavy atom. The molecule has 1 aliphatic rings. The first-order valence-corrected chi connectivity index (χ1v) is 7.63. The summed E-state index contributed by atoms with van der Waals surface area (Å²) in [6.07, 6.45) is 12.7. The number of halogens is 1. The lowest BCUT2D eigenvalue weighted by molar-refractivity contribution is 0.588. The van der Waals surface area contributed by atoms with Crippen molar-refractivity contribution < 1.29 is 0 Å². The average molecular weight is 309 g/mol. The molecule has 1 aromatic rings. The monoisotopic (exact) mass is 308 g/mol. The number of hydrogen-bond donors (Lipinski definition) is 1. The van der Waals surface area contributed by atoms with Crippen LogP contribution in [0, 0.1) is 0 Å². The second-order valence-corrected chi connectivity index (χ2v) is 5.72. The molecule has 1 unspecified atom stereocenters. The number of aromatic nitrogens is 1. The largest absolute Gasteiger partial charge is 0.307 e. The average Bonchev–Trinajstić information content (AvgIpc) is 2.64. The topological polar surface area (TPSA) is 24.9 Å². The van der Waals surface area contributed by atoms with Gasteiger partial charge in [-0.1, -0.05) is 25.0 Å². The highest BCUT2D eigenvalue weighted by Gasteiger charge is 2.17. The van der Waals surface area contributed by atoms with E-state index in [2.05, 4.69) is 45.3 Å². The van der Waals surface area contributed by atoms with Crippen molar-refractivity contribution in [2.45, 2.75) is 45.1 Å². The minimum Gasteiger partial charge on any atom is -0.307 e. The van der Waals surface area contributed by atoms with Gasteiger partial charge in [0.05, 0.1) is 6.04 Å². The van der Waals surface area contributed by atoms with E-state index >= 15 is 0 Å². The van der Waals surface area contributed by atoms with Crippen LogP contribution in [-0.4, -0.2) is 11.5 Å². The van der Waals surface area contributed by atoms with Gasteiger partial charge in [0.15, 0.2) is 0 Å². The molecule has 0 radical (unpaired) electrons. The summed E-state index contributed by atoms with van der Waals surface area (Å²) in [4.78, 5) is 4.29. The lowest BCUT2D eigenvalue weighted by atomic mass is 9.96. The van der Waals surface area contributed by atoms with Crippen LogP contribution in [0.2, 0.25) is 0 Å². The normalized spacial score (nSPS) is 18.0. The van der Waals surface area contributed by atoms with E-state index in [-0.39, 0.29) is 0 Å². The fourth-order valence-corrected chi connectivity index (χ4v) is 2.94. The van der Waals surface area contributed by atoms with Gasteiger partial charge in [-0.3, -0.25) is 4.98 Å². The van der Waals surface area contributed by atoms with E-state index in [9.17, 15) is 0 Å². The maximum Gasteiger partial charge on any atom is 0.0551 e. The highest BCUT2D eigenvalue weighted by molar-refractivity contribution is 9.10. The zero-order valence-electron chi connectivity index (χ0n) is 11.0. The highest BCUT2D eigenvalue weighted by Crippen LogP contribution is 2.29. The SMILES string of the molecule is CCNC(C1=CCCCCC1)c1cncc(Br)c1. The third-order valence-corrected chi connectivity index (χ3v) is 3.85. The molecule has 2 rings (SSSR count). The van der Waals surface area contributed by atoms with Crippen LogP contribution in [-0.2, 0) is 0 Å². The molecule has 0 saturated carbocycles. The van der Waals surface area contributed by atoms with Crippen LogP contribution in [0.5, 0.6) is 0 Å². The Morgan fingerprint density at radius 3 is 3.00 bits per heavy atom. The van der Waals surface area contributed by atoms with Gasteiger partial charge in [-0.15, -0.1) is 0 Å². The van der Waals surface area contributed by atoms with Gasteiger partial charge in [-0.05, 0) is 59.8 Å². The minimum atomic E-state index is 0.332. The molecular formula is C15H21BrN2. The van der Waals surface area contributed by atoms with E-state index in [1.54, 1.807) is 0 Å². The summed E-state index contributed by atoms with van der Waals surface area (Å²) >= 11 is 3.51. The van der Waals surface area contributed by atoms with Crippen molar-refractivity contribution in [2.24, 2.45) is 0 Å². The van der Waals surface area contributed by atoms with Gasteiger partial charge >= 0.3 is 0 Å². The van der Waals surface area contributed by atoms with Gasteiger partial charge in [0, 0.05) is 16.9 Å². The fourth-order valence-electron chi connectivity index (χ4n) is 2.56. The lowest BCUT2D eigenvalue weighted by Crippen LogP contribution is -2.23. The molecule has 0 bridgehead atoms. The highest BCUT2D eigenvalue weighted by atomic mass is 79.9. The quantitative estimate of drug-likeness (QED) is 0.835. The second kappa shape index (κ2) is 7.05. The summed E-state index contributed by atoms with van der Waals surface area (Å²) in [6, 6.07) is 2.50. The van der Waals surface area contributed by atoms with Gasteiger partial charge < -0.3 is 5.32 Å². The van der Waals surface area contributed by atoms with Gasteiger partial charge in [-0.25, -0.2) is 0 Å². The van der Waals surface area contributed by atoms with E-state index in [1.807, 2.05) is 12.4 Å². The van der Waals surface area contributed by atoms with Crippen molar-refractivity contribution >= 4 is 15.9 Å². The molecule has 1 atom stereocenters. The number of pyridine rings is 1. The van der Waals surface area contributed by atoms with E-state index < -0.39 is 0 Å². The summed E-state index contributed by atoms with van der Waals surface area (Å²) in [7, 11) is 0. The van der Waals surface area contributed by atoms with Crippen molar-refractivity contribution in [3.8, 4) is 0 Å². The third kappa shape index (κ3) is 3.66. The maximum absolute atomic E-state index is 4.29. The van der Waals surface area contributed by atoms with Crippen LogP contribution in [0.3, 0.4) is 0 Å². The molecule has 1 aromatic heterocycles. The zero-order chi connectivity index (χ0) is 12.8. The molecule has 1 N–H and O–H groups in total. The number of rotatable bonds is 4. The summed E-state index contributed by atoms with van der Waals surface area (Å²) in [5.41, 5.74) is 2.80. The molecule has 1 heterocycles. The Morgan fingerprint density at radius 1 is 1.33 bits per heavy atom. The van der Waals surface area contributed by atoms with Crippen molar-refractivity contribution in [3.05, 3.63) is 40.1 Å². The molecule has 0 aromatic carbocycles. The smallest absolute Gasteiger partial charge is 0.0551 e. The molecule has 18 heavy (non-hydrogen) atoms. The Kier molecular flexibility index (Phi) is 5.39. The molecule has 0 fully saturated rings. The summed E-state index contributed by atoms with van der Waals surface area (Å²) in [5, 5.41) is 3.59. The lowest BCUT2D eigenvalue weighted by Gasteiger charge is -2.21. The number of nitrogens with one attached hydrogen (secondary N) is 1. The van der Waals surface area contributed by atoms with Gasteiger partial charge in [0.1, 0.15) is 0 Å². The van der Waals surface area contributed by atoms with Gasteiger partial charge in [0.2, 0.25) is 0 Å². The van der Waals surface area contributed by atoms with E-state index in [4.69, 9.17) is 0 Å². The number of likely N-dealkylation sites (N-methyl/N-ethyl adjacent to an activating group) is 1. The number of hydrogen-bond acceptors (Lipinski definition) is 2. The fraction of sp³-hybridized carbons (Fsp3) is 0.533. The van der Waals surface area contributed by atoms with Crippen LogP contribution in [0.1, 0.15) is 50.6 Å². The number of allylic oxidation sites excluding steroid dienone is 1. The molecule has 0 amide bonds. The molecule has 0 spiro atoms. The van der Waals surface area contributed by atoms with Crippen LogP contribution < -0.4 is 5.32 Å². The zero-order valence-corrected chi connectivity index (χ0v) is 12.5. The molecular weight excluding hydrogens is 288 g/mol. The molecule has 0 saturated heterocycles. The molecule has 3 heteroatoms. The van der Waals surface area contributed by atoms with Crippen LogP contribution in [0.15, 0.2) is 34.6 Å². The van der Waals surface area contributed by atoms with E-state index in [0.29, 0.717) is 6.04 Å². The molecule has 0 aliphatic heterocycles. The molecule has 98 valence electrons. The Balaban J connectivity index is 2.24. The van der Waals surface area contributed by atoms with Gasteiger partial charge in [-0.2, -0.15) is 0 Å². The van der Waals surface area contributed by atoms with Crippen molar-refractivity contribution in [2.75, 3.05) is 6.54 Å². The predicted molar refractivity (Wildman–Crippen MR) is 79.5 cm³/mol. The summed E-state index contributed by atoms with van der Waals surface area (Å²) in [6.45, 7) is 3.14. The minimum absolute atomic E-state index is 0.332. The van der Waals surface area contributed by atoms with Gasteiger partial charge in [0.25, 0.3) is 0 Å². The van der Waals surface area contributed by atoms with E-state index in [0.717, 1.165) is 11.0 Å². The van der Waals surface area contributed by atoms with Crippen molar-refractivity contribution in [3.63, 3.8) is 0 Å². The summed E-state index contributed by atoms with van der Waals surface area (Å²) in [5.74, 6) is 0. The van der Waals surface area contributed by atoms with Crippen LogP contribution in [0.25, 0.3) is 0 Å². The summed E-state index contributed by atoms with van der Waals surface area (Å²) < 4.78 is 1.05.